The monoisotopic (exact) mass is 383 g/mol. The summed E-state index contributed by atoms with van der Waals surface area (Å²) in [7, 11) is 0. The number of ether oxygens (including phenoxy) is 3. The van der Waals surface area contributed by atoms with Gasteiger partial charge in [-0.15, -0.1) is 0 Å². The van der Waals surface area contributed by atoms with Gasteiger partial charge in [-0.05, 0) is 0 Å². The Hall–Kier alpha value is -0.930. The van der Waals surface area contributed by atoms with Gasteiger partial charge < -0.3 is 55.3 Å². The van der Waals surface area contributed by atoms with Crippen LogP contribution in [-0.4, -0.2) is 116 Å². The van der Waals surface area contributed by atoms with E-state index in [2.05, 4.69) is 5.32 Å². The van der Waals surface area contributed by atoms with Crippen molar-refractivity contribution < 1.29 is 54.8 Å². The lowest BCUT2D eigenvalue weighted by Crippen LogP contribution is -2.67. The van der Waals surface area contributed by atoms with Gasteiger partial charge in [-0.3, -0.25) is 4.79 Å². The highest BCUT2D eigenvalue weighted by Crippen LogP contribution is 2.28. The summed E-state index contributed by atoms with van der Waals surface area (Å²) in [6, 6.07) is -1.28. The Bertz CT molecular complexity index is 478. The van der Waals surface area contributed by atoms with Crippen LogP contribution in [0.3, 0.4) is 0 Å². The number of hydrogen-bond acceptors (Lipinski definition) is 11. The fraction of sp³-hybridized carbons (Fsp3) is 0.929. The molecular weight excluding hydrogens is 358 g/mol. The summed E-state index contributed by atoms with van der Waals surface area (Å²) in [4.78, 5) is 11.4. The van der Waals surface area contributed by atoms with Crippen molar-refractivity contribution in [3.8, 4) is 0 Å². The van der Waals surface area contributed by atoms with Gasteiger partial charge in [-0.25, -0.2) is 0 Å². The normalized spacial score (nSPS) is 46.8. The Kier molecular flexibility index (Phi) is 7.27. The third-order valence-corrected chi connectivity index (χ3v) is 4.38. The van der Waals surface area contributed by atoms with E-state index in [0.717, 1.165) is 6.92 Å². The Labute approximate surface area is 148 Å². The summed E-state index contributed by atoms with van der Waals surface area (Å²) >= 11 is 0. The molecular formula is C14H25NO11. The Morgan fingerprint density at radius 3 is 2.04 bits per heavy atom. The van der Waals surface area contributed by atoms with E-state index in [-0.39, 0.29) is 0 Å². The lowest BCUT2D eigenvalue weighted by atomic mass is 9.95. The first-order chi connectivity index (χ1) is 12.2. The molecule has 10 atom stereocenters. The largest absolute Gasteiger partial charge is 0.394 e. The fourth-order valence-corrected chi connectivity index (χ4v) is 2.97. The van der Waals surface area contributed by atoms with Crippen LogP contribution in [0.1, 0.15) is 6.92 Å². The molecule has 0 unspecified atom stereocenters. The van der Waals surface area contributed by atoms with E-state index < -0.39 is 80.5 Å². The van der Waals surface area contributed by atoms with Gasteiger partial charge >= 0.3 is 0 Å². The highest BCUT2D eigenvalue weighted by Gasteiger charge is 2.50. The first-order valence-corrected chi connectivity index (χ1v) is 8.06. The van der Waals surface area contributed by atoms with Crippen LogP contribution in [0.25, 0.3) is 0 Å². The highest BCUT2D eigenvalue weighted by atomic mass is 16.7. The number of hydrogen-bond donors (Lipinski definition) is 8. The van der Waals surface area contributed by atoms with Gasteiger partial charge in [-0.1, -0.05) is 0 Å². The Morgan fingerprint density at radius 1 is 0.923 bits per heavy atom. The predicted octanol–water partition coefficient (Wildman–Crippen LogP) is -5.25. The van der Waals surface area contributed by atoms with Crippen LogP contribution in [-0.2, 0) is 19.0 Å². The highest BCUT2D eigenvalue weighted by molar-refractivity contribution is 5.73. The lowest BCUT2D eigenvalue weighted by molar-refractivity contribution is -0.341. The second-order valence-corrected chi connectivity index (χ2v) is 6.26. The van der Waals surface area contributed by atoms with Crippen LogP contribution >= 0.6 is 0 Å². The molecule has 152 valence electrons. The average Bonchev–Trinajstić information content (AvgIpc) is 2.60. The molecule has 2 heterocycles. The first kappa shape index (κ1) is 21.4. The molecule has 0 aromatic heterocycles. The summed E-state index contributed by atoms with van der Waals surface area (Å²) in [6.45, 7) is -0.195. The third-order valence-electron chi connectivity index (χ3n) is 4.38. The van der Waals surface area contributed by atoms with Crippen LogP contribution in [0, 0.1) is 0 Å². The molecule has 0 aromatic carbocycles. The number of aliphatic hydroxyl groups excluding tert-OH is 7. The lowest BCUT2D eigenvalue weighted by Gasteiger charge is -2.46. The maximum Gasteiger partial charge on any atom is 0.217 e. The molecule has 0 aromatic rings. The SMILES string of the molecule is CC(=O)N[C@H]1[C@H](O[C@H]2O[C@@H](CO)[C@H](O)[C@@H](O)[C@@H]2O)[C@@H](O)[C@H](CO)O[C@@H]1O. The quantitative estimate of drug-likeness (QED) is 0.226. The van der Waals surface area contributed by atoms with Crippen LogP contribution < -0.4 is 5.32 Å². The molecule has 2 rings (SSSR count). The van der Waals surface area contributed by atoms with E-state index in [4.69, 9.17) is 14.2 Å². The fourth-order valence-electron chi connectivity index (χ4n) is 2.97. The summed E-state index contributed by atoms with van der Waals surface area (Å²) in [5, 5.41) is 70.7. The zero-order valence-electron chi connectivity index (χ0n) is 14.0. The molecule has 0 radical (unpaired) electrons. The topological polar surface area (TPSA) is 198 Å². The number of carbonyl (C=O) groups is 1. The molecule has 1 amide bonds. The molecule has 8 N–H and O–H groups in total. The van der Waals surface area contributed by atoms with Gasteiger partial charge in [0.15, 0.2) is 12.6 Å². The van der Waals surface area contributed by atoms with Gasteiger partial charge in [0.1, 0.15) is 48.8 Å². The summed E-state index contributed by atoms with van der Waals surface area (Å²) in [5.74, 6) is -0.574. The van der Waals surface area contributed by atoms with E-state index >= 15 is 0 Å². The summed E-state index contributed by atoms with van der Waals surface area (Å²) < 4.78 is 15.7. The first-order valence-electron chi connectivity index (χ1n) is 8.06. The van der Waals surface area contributed by atoms with Gasteiger partial charge in [0.25, 0.3) is 0 Å². The minimum absolute atomic E-state index is 0.574. The molecule has 2 aliphatic heterocycles. The van der Waals surface area contributed by atoms with Crippen LogP contribution in [0.4, 0.5) is 0 Å². The summed E-state index contributed by atoms with van der Waals surface area (Å²) in [6.07, 6.45) is -13.7. The standard InChI is InChI=1S/C14H25NO11/c1-4(18)15-7-12(9(20)6(3-17)24-13(7)23)26-14-11(22)10(21)8(19)5(2-16)25-14/h5-14,16-17,19-23H,2-3H2,1H3,(H,15,18)/t5-,6-,7-,8-,9-,10+,11-,12-,13-,14+/m0/s1. The molecule has 12 nitrogen and oxygen atoms in total. The van der Waals surface area contributed by atoms with Crippen molar-refractivity contribution in [2.75, 3.05) is 13.2 Å². The molecule has 0 bridgehead atoms. The molecule has 12 heteroatoms. The zero-order chi connectivity index (χ0) is 19.6. The van der Waals surface area contributed by atoms with Gasteiger partial charge in [-0.2, -0.15) is 0 Å². The van der Waals surface area contributed by atoms with E-state index in [9.17, 15) is 40.5 Å². The van der Waals surface area contributed by atoms with Crippen LogP contribution in [0.15, 0.2) is 0 Å². The third kappa shape index (κ3) is 4.31. The van der Waals surface area contributed by atoms with Crippen molar-refractivity contribution in [2.24, 2.45) is 0 Å². The minimum atomic E-state index is -1.74. The zero-order valence-corrected chi connectivity index (χ0v) is 14.0. The maximum absolute atomic E-state index is 11.4. The molecule has 2 saturated heterocycles. The van der Waals surface area contributed by atoms with Crippen molar-refractivity contribution in [3.63, 3.8) is 0 Å². The molecule has 26 heavy (non-hydrogen) atoms. The molecule has 0 spiro atoms. The second-order valence-electron chi connectivity index (χ2n) is 6.26. The predicted molar refractivity (Wildman–Crippen MR) is 80.2 cm³/mol. The van der Waals surface area contributed by atoms with E-state index in [1.807, 2.05) is 0 Å². The number of carbonyl (C=O) groups excluding carboxylic acids is 1. The van der Waals surface area contributed by atoms with Gasteiger partial charge in [0.05, 0.1) is 13.2 Å². The van der Waals surface area contributed by atoms with E-state index in [1.54, 1.807) is 0 Å². The van der Waals surface area contributed by atoms with Crippen molar-refractivity contribution in [1.29, 1.82) is 0 Å². The smallest absolute Gasteiger partial charge is 0.217 e. The van der Waals surface area contributed by atoms with Gasteiger partial charge in [0.2, 0.25) is 5.91 Å². The number of amides is 1. The minimum Gasteiger partial charge on any atom is -0.394 e. The molecule has 0 saturated carbocycles. The van der Waals surface area contributed by atoms with E-state index in [0.29, 0.717) is 0 Å². The van der Waals surface area contributed by atoms with Gasteiger partial charge in [0, 0.05) is 6.92 Å². The van der Waals surface area contributed by atoms with Crippen LogP contribution in [0.5, 0.6) is 0 Å². The number of rotatable bonds is 5. The van der Waals surface area contributed by atoms with E-state index in [1.165, 1.54) is 0 Å². The summed E-state index contributed by atoms with van der Waals surface area (Å²) in [5.41, 5.74) is 0. The number of nitrogens with one attached hydrogen (secondary N) is 1. The van der Waals surface area contributed by atoms with Crippen molar-refractivity contribution in [3.05, 3.63) is 0 Å². The van der Waals surface area contributed by atoms with Crippen molar-refractivity contribution in [2.45, 2.75) is 68.3 Å². The molecule has 2 aliphatic rings. The molecule has 0 aliphatic carbocycles. The Balaban J connectivity index is 2.21. The second kappa shape index (κ2) is 8.84. The van der Waals surface area contributed by atoms with Crippen molar-refractivity contribution in [1.82, 2.24) is 5.32 Å². The van der Waals surface area contributed by atoms with Crippen molar-refractivity contribution >= 4 is 5.91 Å². The Morgan fingerprint density at radius 2 is 1.50 bits per heavy atom. The van der Waals surface area contributed by atoms with Crippen LogP contribution in [0.2, 0.25) is 0 Å². The molecule has 2 fully saturated rings. The average molecular weight is 383 g/mol. The maximum atomic E-state index is 11.4. The number of aliphatic hydroxyl groups is 7.